The summed E-state index contributed by atoms with van der Waals surface area (Å²) in [7, 11) is 0. The average molecular weight is 252 g/mol. The monoisotopic (exact) mass is 252 g/mol. The summed E-state index contributed by atoms with van der Waals surface area (Å²) in [6, 6.07) is 8.71. The molecule has 0 saturated heterocycles. The number of hydrogen-bond acceptors (Lipinski definition) is 5. The Hall–Kier alpha value is -0.780. The van der Waals surface area contributed by atoms with Crippen molar-refractivity contribution in [3.8, 4) is 5.75 Å². The molecule has 0 spiro atoms. The minimum atomic E-state index is -1.08. The van der Waals surface area contributed by atoms with Crippen molar-refractivity contribution in [2.24, 2.45) is 0 Å². The summed E-state index contributed by atoms with van der Waals surface area (Å²) in [6.45, 7) is 1.94. The van der Waals surface area contributed by atoms with Crippen LogP contribution in [0, 0.1) is 0 Å². The standard InChI is InChI=1S/C6H6O.2C2H4O2.Ca/c7-6-4-2-1-3-5-6;2*1-2(3)4;/h1-5,7H;2*1H3,(H,3,4);/q;;;+2/p-2. The van der Waals surface area contributed by atoms with E-state index in [2.05, 4.69) is 0 Å². The fraction of sp³-hybridized carbons (Fsp3) is 0.200. The van der Waals surface area contributed by atoms with Gasteiger partial charge in [0.15, 0.2) is 0 Å². The fourth-order valence-electron chi connectivity index (χ4n) is 0.428. The number of aromatic hydroxyl groups is 1. The summed E-state index contributed by atoms with van der Waals surface area (Å²) in [5, 5.41) is 26.4. The van der Waals surface area contributed by atoms with Crippen molar-refractivity contribution in [3.05, 3.63) is 30.3 Å². The van der Waals surface area contributed by atoms with Crippen LogP contribution in [0.15, 0.2) is 30.3 Å². The maximum absolute atomic E-state index is 8.89. The molecular formula is C10H12CaO5. The van der Waals surface area contributed by atoms with Crippen LogP contribution < -0.4 is 10.2 Å². The minimum Gasteiger partial charge on any atom is -0.550 e. The largest absolute Gasteiger partial charge is 2.00 e. The van der Waals surface area contributed by atoms with Gasteiger partial charge in [-0.1, -0.05) is 18.2 Å². The molecule has 1 rings (SSSR count). The first-order chi connectivity index (χ1) is 6.86. The second kappa shape index (κ2) is 14.2. The van der Waals surface area contributed by atoms with Crippen LogP contribution in [0.5, 0.6) is 5.75 Å². The van der Waals surface area contributed by atoms with Crippen molar-refractivity contribution < 1.29 is 24.9 Å². The topological polar surface area (TPSA) is 100 Å². The molecule has 1 N–H and O–H groups in total. The van der Waals surface area contributed by atoms with Gasteiger partial charge in [0, 0.05) is 11.9 Å². The molecule has 84 valence electrons. The zero-order chi connectivity index (χ0) is 12.3. The van der Waals surface area contributed by atoms with E-state index in [1.807, 2.05) is 6.07 Å². The third-order valence-corrected chi connectivity index (χ3v) is 0.756. The predicted octanol–water partition coefficient (Wildman–Crippen LogP) is -1.48. The van der Waals surface area contributed by atoms with Crippen LogP contribution in [-0.2, 0) is 9.59 Å². The summed E-state index contributed by atoms with van der Waals surface area (Å²) in [5.41, 5.74) is 0. The number of carbonyl (C=O) groups is 2. The van der Waals surface area contributed by atoms with Crippen LogP contribution >= 0.6 is 0 Å². The van der Waals surface area contributed by atoms with E-state index in [4.69, 9.17) is 24.9 Å². The number of phenols is 1. The van der Waals surface area contributed by atoms with Gasteiger partial charge < -0.3 is 24.9 Å². The maximum atomic E-state index is 8.89. The average Bonchev–Trinajstić information content (AvgIpc) is 2.03. The second-order valence-electron chi connectivity index (χ2n) is 2.32. The van der Waals surface area contributed by atoms with Crippen LogP contribution in [-0.4, -0.2) is 54.8 Å². The number of carbonyl (C=O) groups excluding carboxylic acids is 2. The second-order valence-corrected chi connectivity index (χ2v) is 2.32. The third-order valence-electron chi connectivity index (χ3n) is 0.756. The van der Waals surface area contributed by atoms with Crippen molar-refractivity contribution >= 4 is 49.7 Å². The molecule has 1 aromatic carbocycles. The fourth-order valence-corrected chi connectivity index (χ4v) is 0.428. The van der Waals surface area contributed by atoms with E-state index in [0.717, 1.165) is 13.8 Å². The number of benzene rings is 1. The summed E-state index contributed by atoms with van der Waals surface area (Å²) in [5.74, 6) is -1.84. The number of aliphatic carboxylic acids is 2. The number of phenolic OH excluding ortho intramolecular Hbond substituents is 1. The smallest absolute Gasteiger partial charge is 0.550 e. The van der Waals surface area contributed by atoms with Crippen LogP contribution in [0.3, 0.4) is 0 Å². The van der Waals surface area contributed by atoms with Gasteiger partial charge in [-0.15, -0.1) is 0 Å². The molecule has 0 aromatic heterocycles. The van der Waals surface area contributed by atoms with Gasteiger partial charge in [-0.2, -0.15) is 0 Å². The molecule has 0 radical (unpaired) electrons. The molecule has 5 nitrogen and oxygen atoms in total. The van der Waals surface area contributed by atoms with Crippen molar-refractivity contribution in [2.45, 2.75) is 13.8 Å². The SMILES string of the molecule is CC(=O)[O-].CC(=O)[O-].Oc1ccccc1.[Ca+2]. The Morgan fingerprint density at radius 2 is 1.25 bits per heavy atom. The third kappa shape index (κ3) is 37.9. The number of carboxylic acids is 2. The number of hydrogen-bond donors (Lipinski definition) is 1. The number of carboxylic acid groups (broad SMARTS) is 2. The van der Waals surface area contributed by atoms with Gasteiger partial charge in [-0.25, -0.2) is 0 Å². The first-order valence-corrected chi connectivity index (χ1v) is 3.95. The van der Waals surface area contributed by atoms with Crippen molar-refractivity contribution in [1.82, 2.24) is 0 Å². The Morgan fingerprint density at radius 3 is 1.38 bits per heavy atom. The molecule has 16 heavy (non-hydrogen) atoms. The minimum absolute atomic E-state index is 0. The molecule has 0 atom stereocenters. The molecule has 0 saturated carbocycles. The van der Waals surface area contributed by atoms with Crippen LogP contribution in [0.2, 0.25) is 0 Å². The van der Waals surface area contributed by atoms with E-state index < -0.39 is 11.9 Å². The normalized spacial score (nSPS) is 6.88. The molecule has 0 aliphatic carbocycles. The van der Waals surface area contributed by atoms with E-state index in [-0.39, 0.29) is 37.7 Å². The number of rotatable bonds is 0. The Bertz CT molecular complexity index is 267. The van der Waals surface area contributed by atoms with E-state index in [1.165, 1.54) is 0 Å². The van der Waals surface area contributed by atoms with Crippen LogP contribution in [0.25, 0.3) is 0 Å². The Balaban J connectivity index is -0.000000166. The van der Waals surface area contributed by atoms with Gasteiger partial charge >= 0.3 is 37.7 Å². The van der Waals surface area contributed by atoms with Gasteiger partial charge in [0.05, 0.1) is 0 Å². The Kier molecular flexibility index (Phi) is 18.3. The summed E-state index contributed by atoms with van der Waals surface area (Å²) in [6.07, 6.45) is 0. The van der Waals surface area contributed by atoms with Gasteiger partial charge in [-0.05, 0) is 26.0 Å². The van der Waals surface area contributed by atoms with Gasteiger partial charge in [0.2, 0.25) is 0 Å². The Morgan fingerprint density at radius 1 is 1.00 bits per heavy atom. The zero-order valence-corrected chi connectivity index (χ0v) is 11.4. The van der Waals surface area contributed by atoms with E-state index in [0.29, 0.717) is 5.75 Å². The molecular weight excluding hydrogens is 240 g/mol. The molecule has 6 heteroatoms. The van der Waals surface area contributed by atoms with Crippen molar-refractivity contribution in [1.29, 1.82) is 0 Å². The number of para-hydroxylation sites is 1. The quantitative estimate of drug-likeness (QED) is 0.568. The van der Waals surface area contributed by atoms with Crippen molar-refractivity contribution in [2.75, 3.05) is 0 Å². The molecule has 0 aliphatic rings. The molecule has 1 aromatic rings. The van der Waals surface area contributed by atoms with Gasteiger partial charge in [-0.3, -0.25) is 0 Å². The van der Waals surface area contributed by atoms with Gasteiger partial charge in [0.1, 0.15) is 5.75 Å². The zero-order valence-electron chi connectivity index (χ0n) is 9.17. The molecule has 0 aliphatic heterocycles. The van der Waals surface area contributed by atoms with Crippen LogP contribution in [0.4, 0.5) is 0 Å². The Labute approximate surface area is 124 Å². The molecule has 0 fully saturated rings. The predicted molar refractivity (Wildman–Crippen MR) is 55.2 cm³/mol. The molecule has 0 unspecified atom stereocenters. The molecule has 0 heterocycles. The summed E-state index contributed by atoms with van der Waals surface area (Å²) < 4.78 is 0. The molecule has 0 bridgehead atoms. The summed E-state index contributed by atoms with van der Waals surface area (Å²) in [4.78, 5) is 17.8. The first kappa shape index (κ1) is 20.6. The van der Waals surface area contributed by atoms with Crippen LogP contribution in [0.1, 0.15) is 13.8 Å². The van der Waals surface area contributed by atoms with Crippen molar-refractivity contribution in [3.63, 3.8) is 0 Å². The van der Waals surface area contributed by atoms with E-state index in [9.17, 15) is 0 Å². The maximum Gasteiger partial charge on any atom is 2.00 e. The first-order valence-electron chi connectivity index (χ1n) is 3.95. The summed E-state index contributed by atoms with van der Waals surface area (Å²) >= 11 is 0. The van der Waals surface area contributed by atoms with E-state index in [1.54, 1.807) is 24.3 Å². The van der Waals surface area contributed by atoms with Gasteiger partial charge in [0.25, 0.3) is 0 Å². The molecule has 0 amide bonds. The van der Waals surface area contributed by atoms with E-state index >= 15 is 0 Å².